The van der Waals surface area contributed by atoms with Crippen LogP contribution in [0.15, 0.2) is 23.4 Å². The summed E-state index contributed by atoms with van der Waals surface area (Å²) in [6.45, 7) is 6.78. The Kier molecular flexibility index (Phi) is 16.3. The second-order valence-corrected chi connectivity index (χ2v) is 12.3. The second kappa shape index (κ2) is 19.1. The molecular weight excluding hydrogens is 508 g/mol. The molecule has 0 saturated carbocycles. The van der Waals surface area contributed by atoms with Crippen LogP contribution in [0.5, 0.6) is 11.5 Å². The molecule has 6 nitrogen and oxygen atoms in total. The van der Waals surface area contributed by atoms with Crippen LogP contribution < -0.4 is 15.0 Å². The summed E-state index contributed by atoms with van der Waals surface area (Å²) in [6, 6.07) is 5.25. The molecule has 1 unspecified atom stereocenters. The fourth-order valence-corrected chi connectivity index (χ4v) is 6.82. The lowest BCUT2D eigenvalue weighted by atomic mass is 9.96. The van der Waals surface area contributed by atoms with Crippen LogP contribution in [0.3, 0.4) is 0 Å². The van der Waals surface area contributed by atoms with Gasteiger partial charge < -0.3 is 9.47 Å². The van der Waals surface area contributed by atoms with Gasteiger partial charge in [0, 0.05) is 10.8 Å². The Hall–Kier alpha value is -1.99. The van der Waals surface area contributed by atoms with Crippen molar-refractivity contribution >= 4 is 33.9 Å². The number of benzene rings is 2. The van der Waals surface area contributed by atoms with E-state index >= 15 is 0 Å². The van der Waals surface area contributed by atoms with Crippen molar-refractivity contribution in [1.82, 2.24) is 0 Å². The van der Waals surface area contributed by atoms with E-state index in [1.54, 1.807) is 26.4 Å². The minimum atomic E-state index is 0.213. The molecule has 0 bridgehead atoms. The van der Waals surface area contributed by atoms with Crippen LogP contribution in [0.1, 0.15) is 121 Å². The number of rotatable bonds is 22. The Morgan fingerprint density at radius 2 is 1.49 bits per heavy atom. The summed E-state index contributed by atoms with van der Waals surface area (Å²) >= 11 is 1.96. The maximum atomic E-state index is 11.8. The zero-order valence-corrected chi connectivity index (χ0v) is 25.8. The largest absolute Gasteiger partial charge is 0.496 e. The van der Waals surface area contributed by atoms with E-state index in [0.717, 1.165) is 30.6 Å². The number of nitrogens with zero attached hydrogens (tertiary/aromatic N) is 1. The van der Waals surface area contributed by atoms with Gasteiger partial charge in [-0.3, -0.25) is 10.7 Å². The normalized spacial score (nSPS) is 12.2. The van der Waals surface area contributed by atoms with Gasteiger partial charge in [-0.1, -0.05) is 97.8 Å². The van der Waals surface area contributed by atoms with Crippen LogP contribution in [0.4, 0.5) is 11.4 Å². The van der Waals surface area contributed by atoms with E-state index in [9.17, 15) is 10.1 Å². The monoisotopic (exact) mass is 560 g/mol. The lowest BCUT2D eigenvalue weighted by Crippen LogP contribution is -2.04. The van der Waals surface area contributed by atoms with Crippen molar-refractivity contribution in [1.29, 1.82) is 0 Å². The van der Waals surface area contributed by atoms with Gasteiger partial charge in [0.05, 0.1) is 30.7 Å². The Bertz CT molecular complexity index is 983. The zero-order valence-electron chi connectivity index (χ0n) is 25.0. The Labute approximate surface area is 240 Å². The molecule has 0 amide bonds. The predicted octanol–water partition coefficient (Wildman–Crippen LogP) is 11.0. The Balaban J connectivity index is 2.13. The number of anilines is 1. The molecule has 2 aromatic carbocycles. The average Bonchev–Trinajstić information content (AvgIpc) is 2.95. The highest BCUT2D eigenvalue weighted by molar-refractivity contribution is 7.99. The first-order chi connectivity index (χ1) is 19.0. The van der Waals surface area contributed by atoms with Gasteiger partial charge in [0.15, 0.2) is 0 Å². The van der Waals surface area contributed by atoms with E-state index in [1.165, 1.54) is 70.6 Å². The van der Waals surface area contributed by atoms with E-state index in [4.69, 9.17) is 9.47 Å². The van der Waals surface area contributed by atoms with Gasteiger partial charge in [0.2, 0.25) is 0 Å². The molecule has 0 aliphatic rings. The highest BCUT2D eigenvalue weighted by Crippen LogP contribution is 2.50. The molecule has 0 fully saturated rings. The molecule has 220 valence electrons. The lowest BCUT2D eigenvalue weighted by molar-refractivity contribution is 0.388. The minimum Gasteiger partial charge on any atom is -0.496 e. The van der Waals surface area contributed by atoms with Crippen molar-refractivity contribution in [3.8, 4) is 11.5 Å². The molecule has 2 N–H and O–H groups in total. The maximum absolute atomic E-state index is 11.8. The highest BCUT2D eigenvalue weighted by Gasteiger charge is 2.25. The molecule has 7 heteroatoms. The van der Waals surface area contributed by atoms with Crippen LogP contribution in [0.25, 0.3) is 10.8 Å². The lowest BCUT2D eigenvalue weighted by Gasteiger charge is -2.24. The fraction of sp³-hybridized carbons (Fsp3) is 0.688. The second-order valence-electron chi connectivity index (χ2n) is 11.0. The van der Waals surface area contributed by atoms with Gasteiger partial charge in [0.25, 0.3) is 0 Å². The van der Waals surface area contributed by atoms with Crippen LogP contribution in [-0.4, -0.2) is 25.2 Å². The predicted molar refractivity (Wildman–Crippen MR) is 168 cm³/mol. The molecule has 0 spiro atoms. The molecule has 39 heavy (non-hydrogen) atoms. The van der Waals surface area contributed by atoms with Crippen LogP contribution in [0.2, 0.25) is 0 Å². The molecule has 0 aromatic heterocycles. The number of thioether (sulfide) groups is 1. The number of nitrogens with one attached hydrogen (secondary N) is 1. The van der Waals surface area contributed by atoms with Crippen LogP contribution >= 0.6 is 11.8 Å². The number of fused-ring (bicyclic) bond motifs is 1. The van der Waals surface area contributed by atoms with Crippen LogP contribution in [-0.2, 0) is 0 Å². The number of hydrogen-bond acceptors (Lipinski definition) is 7. The third-order valence-corrected chi connectivity index (χ3v) is 8.89. The summed E-state index contributed by atoms with van der Waals surface area (Å²) in [6.07, 6.45) is 18.1. The highest BCUT2D eigenvalue weighted by atomic mass is 32.2. The summed E-state index contributed by atoms with van der Waals surface area (Å²) in [4.78, 5) is 11.8. The third-order valence-electron chi connectivity index (χ3n) is 7.53. The SMILES string of the molecule is CCCCCCCCCCCCCCC(SCCC(C)C)c1cc(OC)c2c(NO)ccc(N=O)c2c1OC. The summed E-state index contributed by atoms with van der Waals surface area (Å²) in [7, 11) is 3.25. The quantitative estimate of drug-likeness (QED) is 0.0847. The van der Waals surface area contributed by atoms with E-state index in [2.05, 4.69) is 31.4 Å². The van der Waals surface area contributed by atoms with Crippen molar-refractivity contribution in [2.24, 2.45) is 11.1 Å². The first kappa shape index (κ1) is 33.2. The van der Waals surface area contributed by atoms with Gasteiger partial charge in [-0.05, 0) is 47.9 Å². The van der Waals surface area contributed by atoms with Gasteiger partial charge in [-0.2, -0.15) is 11.8 Å². The Morgan fingerprint density at radius 3 is 2.00 bits per heavy atom. The summed E-state index contributed by atoms with van der Waals surface area (Å²) < 4.78 is 11.7. The van der Waals surface area contributed by atoms with E-state index < -0.39 is 0 Å². The van der Waals surface area contributed by atoms with Crippen molar-refractivity contribution in [3.05, 3.63) is 28.7 Å². The maximum Gasteiger partial charge on any atom is 0.133 e. The molecule has 0 saturated heterocycles. The molecule has 2 rings (SSSR count). The fourth-order valence-electron chi connectivity index (χ4n) is 5.24. The van der Waals surface area contributed by atoms with E-state index in [0.29, 0.717) is 33.9 Å². The van der Waals surface area contributed by atoms with Gasteiger partial charge >= 0.3 is 0 Å². The standard InChI is InChI=1S/C32H52N2O4S/c1-6-7-8-9-10-11-12-13-14-15-16-17-18-29(39-22-21-24(2)3)25-23-28(37-4)30-26(33-35)19-20-27(34-36)31(30)32(25)38-5/h19-20,23-24,29,33,35H,6-18,21-22H2,1-5H3. The average molecular weight is 561 g/mol. The number of methoxy groups -OCH3 is 2. The molecule has 2 aromatic rings. The zero-order chi connectivity index (χ0) is 28.5. The number of hydrogen-bond donors (Lipinski definition) is 2. The smallest absolute Gasteiger partial charge is 0.133 e. The van der Waals surface area contributed by atoms with Crippen molar-refractivity contribution in [2.45, 2.75) is 116 Å². The number of nitroso groups, excluding NO2 is 1. The molecule has 0 heterocycles. The topological polar surface area (TPSA) is 80.1 Å². The molecule has 1 atom stereocenters. The first-order valence-electron chi connectivity index (χ1n) is 15.1. The number of ether oxygens (including phenoxy) is 2. The molecule has 0 aliphatic heterocycles. The minimum absolute atomic E-state index is 0.213. The summed E-state index contributed by atoms with van der Waals surface area (Å²) in [5, 5.41) is 14.4. The van der Waals surface area contributed by atoms with E-state index in [-0.39, 0.29) is 10.9 Å². The van der Waals surface area contributed by atoms with E-state index in [1.807, 2.05) is 17.8 Å². The summed E-state index contributed by atoms with van der Waals surface area (Å²) in [5.74, 6) is 2.92. The molecule has 0 radical (unpaired) electrons. The van der Waals surface area contributed by atoms with Crippen molar-refractivity contribution < 1.29 is 14.7 Å². The van der Waals surface area contributed by atoms with Crippen molar-refractivity contribution in [3.63, 3.8) is 0 Å². The molecule has 0 aliphatic carbocycles. The molecular formula is C32H52N2O4S. The van der Waals surface area contributed by atoms with Gasteiger partial charge in [0.1, 0.15) is 17.2 Å². The summed E-state index contributed by atoms with van der Waals surface area (Å²) in [5.41, 5.74) is 3.99. The van der Waals surface area contributed by atoms with Crippen molar-refractivity contribution in [2.75, 3.05) is 25.5 Å². The first-order valence-corrected chi connectivity index (χ1v) is 16.1. The third kappa shape index (κ3) is 10.5. The van der Waals surface area contributed by atoms with Gasteiger partial charge in [-0.15, -0.1) is 4.91 Å². The number of unbranched alkanes of at least 4 members (excludes halogenated alkanes) is 11. The van der Waals surface area contributed by atoms with Crippen LogP contribution in [0, 0.1) is 10.8 Å². The Morgan fingerprint density at radius 1 is 0.872 bits per heavy atom. The van der Waals surface area contributed by atoms with Gasteiger partial charge in [-0.25, -0.2) is 0 Å².